The number of rotatable bonds is 3. The molecule has 21 heavy (non-hydrogen) atoms. The molecule has 0 amide bonds. The number of hydrogen-bond acceptors (Lipinski definition) is 2. The van der Waals surface area contributed by atoms with Crippen LogP contribution in [0, 0.1) is 11.8 Å². The lowest BCUT2D eigenvalue weighted by Gasteiger charge is -2.44. The molecule has 0 aromatic rings. The highest BCUT2D eigenvalue weighted by atomic mass is 16.5. The average molecular weight is 296 g/mol. The number of piperidine rings is 3. The Labute approximate surface area is 128 Å². The molecule has 0 bridgehead atoms. The summed E-state index contributed by atoms with van der Waals surface area (Å²) < 4.78 is 5.40. The SMILES string of the molecule is CCOC(=O)C1CC(C2CCCC[NH2+]2)C[NH+]2CCCCC12. The molecule has 0 spiro atoms. The van der Waals surface area contributed by atoms with E-state index in [1.165, 1.54) is 58.2 Å². The second kappa shape index (κ2) is 7.10. The minimum atomic E-state index is 0.0856. The van der Waals surface area contributed by atoms with Crippen LogP contribution in [0.25, 0.3) is 0 Å². The van der Waals surface area contributed by atoms with Gasteiger partial charge in [-0.3, -0.25) is 4.79 Å². The number of fused-ring (bicyclic) bond motifs is 1. The van der Waals surface area contributed by atoms with Gasteiger partial charge in [0.1, 0.15) is 12.0 Å². The Morgan fingerprint density at radius 3 is 2.86 bits per heavy atom. The molecule has 3 aliphatic rings. The first kappa shape index (κ1) is 15.3. The van der Waals surface area contributed by atoms with Gasteiger partial charge in [0.05, 0.1) is 38.2 Å². The predicted octanol–water partition coefficient (Wildman–Crippen LogP) is -0.261. The maximum absolute atomic E-state index is 12.4. The van der Waals surface area contributed by atoms with Gasteiger partial charge in [-0.15, -0.1) is 0 Å². The highest BCUT2D eigenvalue weighted by Gasteiger charge is 2.47. The first-order valence-electron chi connectivity index (χ1n) is 9.14. The van der Waals surface area contributed by atoms with Crippen molar-refractivity contribution >= 4 is 5.97 Å². The van der Waals surface area contributed by atoms with Gasteiger partial charge in [0.2, 0.25) is 0 Å². The summed E-state index contributed by atoms with van der Waals surface area (Å²) in [4.78, 5) is 14.1. The van der Waals surface area contributed by atoms with Gasteiger partial charge in [0.15, 0.2) is 0 Å². The lowest BCUT2D eigenvalue weighted by molar-refractivity contribution is -0.945. The summed E-state index contributed by atoms with van der Waals surface area (Å²) >= 11 is 0. The van der Waals surface area contributed by atoms with Crippen molar-refractivity contribution in [3.8, 4) is 0 Å². The third-order valence-electron chi connectivity index (χ3n) is 6.01. The van der Waals surface area contributed by atoms with Gasteiger partial charge in [-0.1, -0.05) is 0 Å². The first-order chi connectivity index (χ1) is 10.3. The van der Waals surface area contributed by atoms with Crippen LogP contribution >= 0.6 is 0 Å². The van der Waals surface area contributed by atoms with Crippen LogP contribution in [0.15, 0.2) is 0 Å². The monoisotopic (exact) mass is 296 g/mol. The molecule has 5 atom stereocenters. The van der Waals surface area contributed by atoms with Gasteiger partial charge >= 0.3 is 5.97 Å². The van der Waals surface area contributed by atoms with Gasteiger partial charge in [0, 0.05) is 12.8 Å². The number of nitrogens with two attached hydrogens (primary N) is 1. The molecule has 0 aromatic heterocycles. The van der Waals surface area contributed by atoms with Crippen LogP contribution in [0.5, 0.6) is 0 Å². The lowest BCUT2D eigenvalue weighted by Crippen LogP contribution is -3.20. The average Bonchev–Trinajstić information content (AvgIpc) is 2.55. The summed E-state index contributed by atoms with van der Waals surface area (Å²) in [5.41, 5.74) is 0. The van der Waals surface area contributed by atoms with Crippen LogP contribution in [-0.4, -0.2) is 44.3 Å². The fraction of sp³-hybridized carbons (Fsp3) is 0.941. The summed E-state index contributed by atoms with van der Waals surface area (Å²) in [6, 6.07) is 1.30. The van der Waals surface area contributed by atoms with E-state index in [4.69, 9.17) is 4.74 Å². The molecule has 3 fully saturated rings. The first-order valence-corrected chi connectivity index (χ1v) is 9.14. The van der Waals surface area contributed by atoms with Crippen LogP contribution in [0.3, 0.4) is 0 Å². The van der Waals surface area contributed by atoms with Gasteiger partial charge in [-0.2, -0.15) is 0 Å². The molecule has 4 nitrogen and oxygen atoms in total. The fourth-order valence-electron chi connectivity index (χ4n) is 4.99. The van der Waals surface area contributed by atoms with E-state index >= 15 is 0 Å². The van der Waals surface area contributed by atoms with E-state index in [-0.39, 0.29) is 11.9 Å². The maximum Gasteiger partial charge on any atom is 0.314 e. The van der Waals surface area contributed by atoms with E-state index in [9.17, 15) is 4.79 Å². The normalized spacial score (nSPS) is 40.3. The van der Waals surface area contributed by atoms with Crippen molar-refractivity contribution in [1.29, 1.82) is 0 Å². The van der Waals surface area contributed by atoms with Crippen molar-refractivity contribution < 1.29 is 19.7 Å². The van der Waals surface area contributed by atoms with Crippen LogP contribution in [0.4, 0.5) is 0 Å². The molecular weight excluding hydrogens is 264 g/mol. The lowest BCUT2D eigenvalue weighted by atomic mass is 9.75. The van der Waals surface area contributed by atoms with E-state index in [1.54, 1.807) is 4.90 Å². The summed E-state index contributed by atoms with van der Waals surface area (Å²) in [5, 5.41) is 2.56. The highest BCUT2D eigenvalue weighted by molar-refractivity contribution is 5.73. The molecule has 0 aliphatic carbocycles. The van der Waals surface area contributed by atoms with Crippen molar-refractivity contribution in [2.24, 2.45) is 11.8 Å². The van der Waals surface area contributed by atoms with Crippen LogP contribution < -0.4 is 10.2 Å². The van der Waals surface area contributed by atoms with Crippen LogP contribution in [0.2, 0.25) is 0 Å². The molecule has 120 valence electrons. The molecular formula is C17H32N2O2+2. The summed E-state index contributed by atoms with van der Waals surface area (Å²) in [5.74, 6) is 0.959. The molecule has 3 saturated heterocycles. The molecule has 0 saturated carbocycles. The third-order valence-corrected chi connectivity index (χ3v) is 6.01. The quantitative estimate of drug-likeness (QED) is 0.705. The summed E-state index contributed by atoms with van der Waals surface area (Å²) in [6.07, 6.45) is 9.02. The van der Waals surface area contributed by atoms with Gasteiger partial charge in [-0.05, 0) is 39.0 Å². The maximum atomic E-state index is 12.4. The second-order valence-electron chi connectivity index (χ2n) is 7.25. The number of esters is 1. The van der Waals surface area contributed by atoms with Gasteiger partial charge in [-0.25, -0.2) is 0 Å². The minimum Gasteiger partial charge on any atom is -0.466 e. The third kappa shape index (κ3) is 3.42. The minimum absolute atomic E-state index is 0.0856. The Bertz CT molecular complexity index is 355. The van der Waals surface area contributed by atoms with Crippen molar-refractivity contribution in [1.82, 2.24) is 0 Å². The Kier molecular flexibility index (Phi) is 5.17. The van der Waals surface area contributed by atoms with Gasteiger partial charge in [0.25, 0.3) is 0 Å². The Hall–Kier alpha value is -0.610. The smallest absolute Gasteiger partial charge is 0.314 e. The number of carbonyl (C=O) groups excluding carboxylic acids is 1. The fourth-order valence-corrected chi connectivity index (χ4v) is 4.99. The molecule has 5 unspecified atom stereocenters. The Morgan fingerprint density at radius 2 is 2.10 bits per heavy atom. The van der Waals surface area contributed by atoms with Crippen LogP contribution in [0.1, 0.15) is 51.9 Å². The topological polar surface area (TPSA) is 47.3 Å². The van der Waals surface area contributed by atoms with Crippen LogP contribution in [-0.2, 0) is 9.53 Å². The molecule has 4 heteroatoms. The van der Waals surface area contributed by atoms with E-state index < -0.39 is 0 Å². The molecule has 3 rings (SSSR count). The zero-order chi connectivity index (χ0) is 14.7. The molecule has 3 aliphatic heterocycles. The van der Waals surface area contributed by atoms with Gasteiger partial charge < -0.3 is 15.0 Å². The zero-order valence-corrected chi connectivity index (χ0v) is 13.5. The molecule has 0 aromatic carbocycles. The van der Waals surface area contributed by atoms with Crippen molar-refractivity contribution in [2.45, 2.75) is 64.0 Å². The zero-order valence-electron chi connectivity index (χ0n) is 13.5. The summed E-state index contributed by atoms with van der Waals surface area (Å²) in [7, 11) is 0. The number of carbonyl (C=O) groups is 1. The Morgan fingerprint density at radius 1 is 1.24 bits per heavy atom. The number of ether oxygens (including phenoxy) is 1. The highest BCUT2D eigenvalue weighted by Crippen LogP contribution is 2.27. The number of quaternary nitrogens is 2. The molecule has 3 heterocycles. The predicted molar refractivity (Wildman–Crippen MR) is 81.0 cm³/mol. The van der Waals surface area contributed by atoms with Crippen molar-refractivity contribution in [2.75, 3.05) is 26.2 Å². The van der Waals surface area contributed by atoms with E-state index in [0.717, 1.165) is 12.5 Å². The standard InChI is InChI=1S/C17H30N2O2/c1-2-21-17(20)14-11-13(15-7-3-5-9-18-15)12-19-10-6-4-8-16(14)19/h13-16,18H,2-12H2,1H3/p+2. The van der Waals surface area contributed by atoms with Crippen molar-refractivity contribution in [3.63, 3.8) is 0 Å². The summed E-state index contributed by atoms with van der Waals surface area (Å²) in [6.45, 7) is 6.30. The van der Waals surface area contributed by atoms with E-state index in [2.05, 4.69) is 5.32 Å². The molecule has 0 radical (unpaired) electrons. The number of nitrogens with one attached hydrogen (secondary N) is 1. The second-order valence-corrected chi connectivity index (χ2v) is 7.25. The largest absolute Gasteiger partial charge is 0.466 e. The van der Waals surface area contributed by atoms with E-state index in [0.29, 0.717) is 18.6 Å². The van der Waals surface area contributed by atoms with Crippen molar-refractivity contribution in [3.05, 3.63) is 0 Å². The number of hydrogen-bond donors (Lipinski definition) is 2. The molecule has 3 N–H and O–H groups in total. The Balaban J connectivity index is 1.71. The van der Waals surface area contributed by atoms with E-state index in [1.807, 2.05) is 6.92 Å².